The molecule has 0 fully saturated rings. The van der Waals surface area contributed by atoms with Gasteiger partial charge in [-0.15, -0.1) is 0 Å². The van der Waals surface area contributed by atoms with Gasteiger partial charge in [0.1, 0.15) is 0 Å². The fraction of sp³-hybridized carbons (Fsp3) is 1.00. The van der Waals surface area contributed by atoms with E-state index in [0.29, 0.717) is 0 Å². The van der Waals surface area contributed by atoms with Gasteiger partial charge < -0.3 is 5.32 Å². The third-order valence-electron chi connectivity index (χ3n) is 0.358. The largest absolute Gasteiger partial charge is 0.316 e. The molecule has 6 heavy (non-hydrogen) atoms. The zero-order valence-electron chi connectivity index (χ0n) is 3.54. The molecule has 0 aromatic rings. The lowest BCUT2D eigenvalue weighted by molar-refractivity contribution is 0.431. The van der Waals surface area contributed by atoms with E-state index in [0.717, 1.165) is 0 Å². The van der Waals surface area contributed by atoms with E-state index in [2.05, 4.69) is 5.32 Å². The number of rotatable bonds is 2. The molecule has 0 aliphatic rings. The van der Waals surface area contributed by atoms with Crippen LogP contribution in [0.15, 0.2) is 0 Å². The Kier molecular flexibility index (Phi) is 3.47. The topological polar surface area (TPSA) is 12.0 Å². The van der Waals surface area contributed by atoms with E-state index in [9.17, 15) is 4.39 Å². The smallest absolute Gasteiger partial charge is 0.185 e. The zero-order valence-corrected chi connectivity index (χ0v) is 4.30. The quantitative estimate of drug-likeness (QED) is 0.519. The number of alkyl halides is 2. The molecule has 1 N–H and O–H groups in total. The van der Waals surface area contributed by atoms with Gasteiger partial charge in [-0.05, 0) is 7.05 Å². The SMILES string of the molecule is CNCC(F)Cl. The Hall–Kier alpha value is 0.180. The van der Waals surface area contributed by atoms with Gasteiger partial charge in [0.2, 0.25) is 0 Å². The maximum atomic E-state index is 11.4. The van der Waals surface area contributed by atoms with E-state index in [-0.39, 0.29) is 6.54 Å². The van der Waals surface area contributed by atoms with Crippen LogP contribution in [-0.2, 0) is 0 Å². The van der Waals surface area contributed by atoms with E-state index < -0.39 is 5.63 Å². The molecule has 0 heterocycles. The first kappa shape index (κ1) is 6.18. The van der Waals surface area contributed by atoms with Gasteiger partial charge in [0.05, 0.1) is 0 Å². The third-order valence-corrected chi connectivity index (χ3v) is 0.513. The predicted octanol–water partition coefficient (Wildman–Crippen LogP) is 0.740. The first-order chi connectivity index (χ1) is 2.77. The standard InChI is InChI=1S/C3H7ClFN/c1-6-2-3(4)5/h3,6H,2H2,1H3. The molecule has 1 unspecified atom stereocenters. The molecule has 38 valence electrons. The molecule has 0 aromatic carbocycles. The van der Waals surface area contributed by atoms with Crippen molar-refractivity contribution >= 4 is 11.6 Å². The molecule has 1 atom stereocenters. The molecule has 0 aliphatic carbocycles. The monoisotopic (exact) mass is 111 g/mol. The molecule has 0 saturated heterocycles. The molecular weight excluding hydrogens is 104 g/mol. The van der Waals surface area contributed by atoms with Crippen LogP contribution < -0.4 is 5.32 Å². The number of halogens is 2. The summed E-state index contributed by atoms with van der Waals surface area (Å²) in [6.07, 6.45) is 0. The second kappa shape index (κ2) is 3.37. The van der Waals surface area contributed by atoms with E-state index >= 15 is 0 Å². The Morgan fingerprint density at radius 3 is 2.50 bits per heavy atom. The molecule has 0 bridgehead atoms. The fourth-order valence-electron chi connectivity index (χ4n) is 0.154. The van der Waals surface area contributed by atoms with Crippen molar-refractivity contribution < 1.29 is 4.39 Å². The van der Waals surface area contributed by atoms with Crippen LogP contribution in [-0.4, -0.2) is 19.2 Å². The molecule has 1 nitrogen and oxygen atoms in total. The lowest BCUT2D eigenvalue weighted by Crippen LogP contribution is -2.14. The summed E-state index contributed by atoms with van der Waals surface area (Å²) in [5, 5.41) is 2.56. The average molecular weight is 112 g/mol. The maximum absolute atomic E-state index is 11.4. The summed E-state index contributed by atoms with van der Waals surface area (Å²) >= 11 is 4.85. The minimum absolute atomic E-state index is 0.224. The lowest BCUT2D eigenvalue weighted by Gasteiger charge is -1.92. The summed E-state index contributed by atoms with van der Waals surface area (Å²) < 4.78 is 11.4. The van der Waals surface area contributed by atoms with Crippen molar-refractivity contribution in [2.45, 2.75) is 5.63 Å². The lowest BCUT2D eigenvalue weighted by atomic mass is 10.7. The van der Waals surface area contributed by atoms with Gasteiger partial charge in [-0.25, -0.2) is 4.39 Å². The second-order valence-corrected chi connectivity index (χ2v) is 1.42. The van der Waals surface area contributed by atoms with Gasteiger partial charge in [-0.1, -0.05) is 11.6 Å². The van der Waals surface area contributed by atoms with Crippen LogP contribution >= 0.6 is 11.6 Å². The highest BCUT2D eigenvalue weighted by atomic mass is 35.5. The van der Waals surface area contributed by atoms with Crippen LogP contribution in [0.1, 0.15) is 0 Å². The van der Waals surface area contributed by atoms with E-state index in [1.807, 2.05) is 0 Å². The van der Waals surface area contributed by atoms with Crippen molar-refractivity contribution in [1.82, 2.24) is 5.32 Å². The summed E-state index contributed by atoms with van der Waals surface area (Å²) in [5.41, 5.74) is -1.24. The third kappa shape index (κ3) is 4.18. The van der Waals surface area contributed by atoms with Crippen molar-refractivity contribution in [1.29, 1.82) is 0 Å². The van der Waals surface area contributed by atoms with Gasteiger partial charge in [-0.3, -0.25) is 0 Å². The van der Waals surface area contributed by atoms with Crippen LogP contribution in [0.2, 0.25) is 0 Å². The van der Waals surface area contributed by atoms with Crippen molar-refractivity contribution in [2.75, 3.05) is 13.6 Å². The number of hydrogen-bond donors (Lipinski definition) is 1. The normalized spacial score (nSPS) is 14.5. The second-order valence-electron chi connectivity index (χ2n) is 0.949. The molecule has 0 spiro atoms. The Morgan fingerprint density at radius 1 is 2.00 bits per heavy atom. The summed E-state index contributed by atoms with van der Waals surface area (Å²) in [4.78, 5) is 0. The van der Waals surface area contributed by atoms with Gasteiger partial charge in [-0.2, -0.15) is 0 Å². The molecule has 0 rings (SSSR count). The maximum Gasteiger partial charge on any atom is 0.185 e. The van der Waals surface area contributed by atoms with Gasteiger partial charge in [0, 0.05) is 6.54 Å². The first-order valence-corrected chi connectivity index (χ1v) is 2.13. The van der Waals surface area contributed by atoms with Crippen LogP contribution in [0.25, 0.3) is 0 Å². The summed E-state index contributed by atoms with van der Waals surface area (Å²) in [6.45, 7) is 0.224. The van der Waals surface area contributed by atoms with Gasteiger partial charge in [0.15, 0.2) is 5.63 Å². The summed E-state index contributed by atoms with van der Waals surface area (Å²) in [5.74, 6) is 0. The van der Waals surface area contributed by atoms with E-state index in [1.165, 1.54) is 0 Å². The first-order valence-electron chi connectivity index (χ1n) is 1.70. The Bertz CT molecular complexity index is 32.0. The molecule has 0 aromatic heterocycles. The van der Waals surface area contributed by atoms with Crippen molar-refractivity contribution in [3.05, 3.63) is 0 Å². The summed E-state index contributed by atoms with van der Waals surface area (Å²) in [7, 11) is 1.65. The molecular formula is C3H7ClFN. The highest BCUT2D eigenvalue weighted by Crippen LogP contribution is 1.91. The van der Waals surface area contributed by atoms with Crippen LogP contribution in [0.4, 0.5) is 4.39 Å². The van der Waals surface area contributed by atoms with Gasteiger partial charge in [0.25, 0.3) is 0 Å². The molecule has 3 heteroatoms. The van der Waals surface area contributed by atoms with Crippen molar-refractivity contribution in [3.63, 3.8) is 0 Å². The summed E-state index contributed by atoms with van der Waals surface area (Å²) in [6, 6.07) is 0. The van der Waals surface area contributed by atoms with E-state index in [4.69, 9.17) is 11.6 Å². The molecule has 0 saturated carbocycles. The molecule has 0 amide bonds. The number of nitrogens with one attached hydrogen (secondary N) is 1. The molecule has 0 aliphatic heterocycles. The van der Waals surface area contributed by atoms with Crippen LogP contribution in [0.5, 0.6) is 0 Å². The van der Waals surface area contributed by atoms with E-state index in [1.54, 1.807) is 7.05 Å². The fourth-order valence-corrected chi connectivity index (χ4v) is 0.309. The minimum Gasteiger partial charge on any atom is -0.316 e. The molecule has 0 radical (unpaired) electrons. The highest BCUT2D eigenvalue weighted by molar-refractivity contribution is 6.19. The zero-order chi connectivity index (χ0) is 4.99. The number of hydrogen-bond acceptors (Lipinski definition) is 1. The van der Waals surface area contributed by atoms with Crippen LogP contribution in [0, 0.1) is 0 Å². The predicted molar refractivity (Wildman–Crippen MR) is 24.7 cm³/mol. The highest BCUT2D eigenvalue weighted by Gasteiger charge is 1.92. The van der Waals surface area contributed by atoms with Gasteiger partial charge >= 0.3 is 0 Å². The Balaban J connectivity index is 2.63. The van der Waals surface area contributed by atoms with Crippen molar-refractivity contribution in [2.24, 2.45) is 0 Å². The average Bonchev–Trinajstić information content (AvgIpc) is 1.35. The van der Waals surface area contributed by atoms with Crippen LogP contribution in [0.3, 0.4) is 0 Å². The Labute approximate surface area is 41.5 Å². The van der Waals surface area contributed by atoms with Crippen molar-refractivity contribution in [3.8, 4) is 0 Å². The Morgan fingerprint density at radius 2 is 2.50 bits per heavy atom. The minimum atomic E-state index is -1.24.